The second kappa shape index (κ2) is 7.77. The average molecular weight is 207 g/mol. The minimum Gasteiger partial charge on any atom is -0.382 e. The average Bonchev–Trinajstić information content (AvgIpc) is 2.33. The predicted molar refractivity (Wildman–Crippen MR) is 63.3 cm³/mol. The van der Waals surface area contributed by atoms with Gasteiger partial charge in [-0.3, -0.25) is 0 Å². The largest absolute Gasteiger partial charge is 0.382 e. The third-order valence-corrected chi connectivity index (χ3v) is 3.89. The van der Waals surface area contributed by atoms with Crippen LogP contribution in [0.2, 0.25) is 6.55 Å². The highest BCUT2D eigenvalue weighted by Crippen LogP contribution is 2.10. The molecule has 1 nitrogen and oxygen atoms in total. The van der Waals surface area contributed by atoms with Crippen LogP contribution in [-0.2, 0) is 4.74 Å². The molecular formula is C12H19OSi. The van der Waals surface area contributed by atoms with Crippen molar-refractivity contribution in [1.82, 2.24) is 0 Å². The van der Waals surface area contributed by atoms with Crippen LogP contribution in [-0.4, -0.2) is 21.9 Å². The number of benzene rings is 1. The summed E-state index contributed by atoms with van der Waals surface area (Å²) in [6.07, 6.45) is 4.05. The molecule has 1 aromatic carbocycles. The zero-order valence-electron chi connectivity index (χ0n) is 8.91. The summed E-state index contributed by atoms with van der Waals surface area (Å²) < 4.78 is 5.49. The molecular weight excluding hydrogens is 188 g/mol. The Bertz CT molecular complexity index is 180. The normalized spacial score (nSPS) is 21.6. The molecule has 1 fully saturated rings. The first-order valence-electron chi connectivity index (χ1n) is 5.46. The maximum Gasteiger partial charge on any atom is 0.0525 e. The van der Waals surface area contributed by atoms with E-state index in [9.17, 15) is 0 Å². The molecule has 0 amide bonds. The molecule has 0 aromatic heterocycles. The summed E-state index contributed by atoms with van der Waals surface area (Å²) in [7, 11) is 0.146. The van der Waals surface area contributed by atoms with Gasteiger partial charge in [0.1, 0.15) is 0 Å². The number of ether oxygens (including phenoxy) is 1. The molecule has 0 spiro atoms. The van der Waals surface area contributed by atoms with Crippen LogP contribution in [0.1, 0.15) is 19.3 Å². The summed E-state index contributed by atoms with van der Waals surface area (Å²) in [5, 5.41) is 0. The first kappa shape index (κ1) is 11.5. The summed E-state index contributed by atoms with van der Waals surface area (Å²) in [4.78, 5) is 0. The monoisotopic (exact) mass is 207 g/mol. The zero-order valence-corrected chi connectivity index (χ0v) is 10.3. The van der Waals surface area contributed by atoms with Crippen molar-refractivity contribution in [3.05, 3.63) is 36.4 Å². The zero-order chi connectivity index (χ0) is 10.1. The van der Waals surface area contributed by atoms with Gasteiger partial charge in [0, 0.05) is 12.3 Å². The molecule has 1 aliphatic heterocycles. The lowest BCUT2D eigenvalue weighted by Crippen LogP contribution is -2.23. The van der Waals surface area contributed by atoms with Gasteiger partial charge in [-0.1, -0.05) is 36.9 Å². The van der Waals surface area contributed by atoms with Crippen molar-refractivity contribution in [2.45, 2.75) is 31.5 Å². The van der Waals surface area contributed by atoms with Crippen molar-refractivity contribution < 1.29 is 4.74 Å². The van der Waals surface area contributed by atoms with Crippen molar-refractivity contribution >= 4 is 9.52 Å². The van der Waals surface area contributed by atoms with Gasteiger partial charge in [-0.2, -0.15) is 0 Å². The van der Waals surface area contributed by atoms with Crippen LogP contribution in [0.5, 0.6) is 0 Å². The van der Waals surface area contributed by atoms with Crippen LogP contribution in [0.25, 0.3) is 0 Å². The maximum absolute atomic E-state index is 5.49. The van der Waals surface area contributed by atoms with Crippen molar-refractivity contribution in [2.24, 2.45) is 0 Å². The number of hydrogen-bond acceptors (Lipinski definition) is 1. The molecule has 14 heavy (non-hydrogen) atoms. The highest BCUT2D eigenvalue weighted by Gasteiger charge is 2.10. The second-order valence-corrected chi connectivity index (χ2v) is 5.20. The maximum atomic E-state index is 5.49. The summed E-state index contributed by atoms with van der Waals surface area (Å²) in [5.74, 6) is 0. The molecule has 1 aromatic rings. The molecule has 1 saturated heterocycles. The number of hydrogen-bond donors (Lipinski definition) is 0. The topological polar surface area (TPSA) is 9.23 Å². The molecule has 77 valence electrons. The molecule has 1 heterocycles. The Morgan fingerprint density at radius 2 is 2.00 bits per heavy atom. The van der Waals surface area contributed by atoms with E-state index in [-0.39, 0.29) is 9.52 Å². The van der Waals surface area contributed by atoms with Crippen LogP contribution >= 0.6 is 0 Å². The summed E-state index contributed by atoms with van der Waals surface area (Å²) in [6.45, 7) is 3.36. The minimum atomic E-state index is 0.146. The molecule has 0 saturated carbocycles. The summed E-state index contributed by atoms with van der Waals surface area (Å²) in [6, 6.07) is 12.5. The molecule has 0 N–H and O–H groups in total. The SMILES string of the molecule is C[SiH2]C1CCCCO1.[c]1ccccc1. The molecule has 1 aliphatic rings. The Labute approximate surface area is 89.3 Å². The van der Waals surface area contributed by atoms with Gasteiger partial charge in [0.15, 0.2) is 0 Å². The predicted octanol–water partition coefficient (Wildman–Crippen LogP) is 2.22. The smallest absolute Gasteiger partial charge is 0.0525 e. The third kappa shape index (κ3) is 5.20. The summed E-state index contributed by atoms with van der Waals surface area (Å²) >= 11 is 0. The van der Waals surface area contributed by atoms with E-state index in [1.807, 2.05) is 30.3 Å². The van der Waals surface area contributed by atoms with Gasteiger partial charge in [-0.25, -0.2) is 0 Å². The lowest BCUT2D eigenvalue weighted by Gasteiger charge is -2.20. The Morgan fingerprint density at radius 1 is 1.21 bits per heavy atom. The van der Waals surface area contributed by atoms with E-state index in [1.165, 1.54) is 19.3 Å². The molecule has 1 radical (unpaired) electrons. The van der Waals surface area contributed by atoms with Crippen LogP contribution in [0.15, 0.2) is 30.3 Å². The Morgan fingerprint density at radius 3 is 2.29 bits per heavy atom. The van der Waals surface area contributed by atoms with E-state index < -0.39 is 0 Å². The standard InChI is InChI=1S/C6H14OSi.C6H5/c1-8-6-4-2-3-5-7-6;1-2-4-6-5-3-1/h6H,2-5,8H2,1H3;1-5H. The van der Waals surface area contributed by atoms with Crippen LogP contribution < -0.4 is 0 Å². The van der Waals surface area contributed by atoms with E-state index in [2.05, 4.69) is 12.6 Å². The van der Waals surface area contributed by atoms with Crippen LogP contribution in [0, 0.1) is 6.07 Å². The highest BCUT2D eigenvalue weighted by atomic mass is 28.2. The van der Waals surface area contributed by atoms with Gasteiger partial charge >= 0.3 is 0 Å². The highest BCUT2D eigenvalue weighted by molar-refractivity contribution is 6.35. The van der Waals surface area contributed by atoms with Crippen molar-refractivity contribution in [3.63, 3.8) is 0 Å². The van der Waals surface area contributed by atoms with Gasteiger partial charge in [0.25, 0.3) is 0 Å². The fourth-order valence-electron chi connectivity index (χ4n) is 1.47. The molecule has 0 bridgehead atoms. The van der Waals surface area contributed by atoms with Crippen molar-refractivity contribution in [1.29, 1.82) is 0 Å². The van der Waals surface area contributed by atoms with Crippen LogP contribution in [0.3, 0.4) is 0 Å². The molecule has 0 aliphatic carbocycles. The van der Waals surface area contributed by atoms with Crippen molar-refractivity contribution in [2.75, 3.05) is 6.61 Å². The lowest BCUT2D eigenvalue weighted by molar-refractivity contribution is 0.0655. The van der Waals surface area contributed by atoms with Gasteiger partial charge in [-0.05, 0) is 25.3 Å². The van der Waals surface area contributed by atoms with Crippen LogP contribution in [0.4, 0.5) is 0 Å². The molecule has 1 atom stereocenters. The van der Waals surface area contributed by atoms with E-state index in [4.69, 9.17) is 4.74 Å². The lowest BCUT2D eigenvalue weighted by atomic mass is 10.2. The van der Waals surface area contributed by atoms with E-state index in [0.717, 1.165) is 12.3 Å². The third-order valence-electron chi connectivity index (χ3n) is 2.34. The molecule has 2 rings (SSSR count). The van der Waals surface area contributed by atoms with Crippen molar-refractivity contribution in [3.8, 4) is 0 Å². The van der Waals surface area contributed by atoms with E-state index in [1.54, 1.807) is 0 Å². The first-order valence-corrected chi connectivity index (χ1v) is 7.69. The van der Waals surface area contributed by atoms with E-state index in [0.29, 0.717) is 0 Å². The van der Waals surface area contributed by atoms with Gasteiger partial charge in [-0.15, -0.1) is 0 Å². The Hall–Kier alpha value is -0.603. The van der Waals surface area contributed by atoms with Gasteiger partial charge < -0.3 is 4.74 Å². The van der Waals surface area contributed by atoms with E-state index >= 15 is 0 Å². The quantitative estimate of drug-likeness (QED) is 0.642. The Balaban J connectivity index is 0.000000146. The number of rotatable bonds is 1. The fraction of sp³-hybridized carbons (Fsp3) is 0.500. The van der Waals surface area contributed by atoms with Gasteiger partial charge in [0.2, 0.25) is 0 Å². The second-order valence-electron chi connectivity index (χ2n) is 3.47. The Kier molecular flexibility index (Phi) is 6.37. The van der Waals surface area contributed by atoms with Gasteiger partial charge in [0.05, 0.1) is 9.52 Å². The minimum absolute atomic E-state index is 0.146. The fourth-order valence-corrected chi connectivity index (χ4v) is 2.57. The first-order chi connectivity index (χ1) is 6.93. The molecule has 2 heteroatoms. The summed E-state index contributed by atoms with van der Waals surface area (Å²) in [5.41, 5.74) is 0.726. The molecule has 1 unspecified atom stereocenters.